The van der Waals surface area contributed by atoms with E-state index in [4.69, 9.17) is 0 Å². The molecule has 0 radical (unpaired) electrons. The van der Waals surface area contributed by atoms with Gasteiger partial charge in [0.2, 0.25) is 0 Å². The molecule has 0 aromatic carbocycles. The van der Waals surface area contributed by atoms with E-state index in [1.54, 1.807) is 11.2 Å². The smallest absolute Gasteiger partial charge is 0.275 e. The molecule has 4 rings (SSSR count). The first-order chi connectivity index (χ1) is 11.6. The van der Waals surface area contributed by atoms with Crippen molar-refractivity contribution in [2.75, 3.05) is 13.1 Å². The molecule has 6 nitrogen and oxygen atoms in total. The van der Waals surface area contributed by atoms with Crippen molar-refractivity contribution >= 4 is 5.91 Å². The maximum atomic E-state index is 13.9. The molecule has 1 atom stereocenters. The van der Waals surface area contributed by atoms with Gasteiger partial charge in [-0.3, -0.25) is 4.79 Å². The van der Waals surface area contributed by atoms with Gasteiger partial charge in [-0.05, 0) is 37.3 Å². The van der Waals surface area contributed by atoms with E-state index >= 15 is 0 Å². The molecular weight excluding hydrogens is 309 g/mol. The van der Waals surface area contributed by atoms with Crippen LogP contribution in [0, 0.1) is 11.2 Å². The topological polar surface area (TPSA) is 63.9 Å². The minimum Gasteiger partial charge on any atom is -0.336 e. The van der Waals surface area contributed by atoms with Gasteiger partial charge in [-0.2, -0.15) is 0 Å². The molecule has 1 aliphatic carbocycles. The quantitative estimate of drug-likeness (QED) is 0.866. The van der Waals surface area contributed by atoms with E-state index in [-0.39, 0.29) is 22.9 Å². The molecule has 1 unspecified atom stereocenters. The molecule has 126 valence electrons. The Morgan fingerprint density at radius 2 is 2.29 bits per heavy atom. The second kappa shape index (κ2) is 5.65. The molecule has 0 bridgehead atoms. The van der Waals surface area contributed by atoms with Crippen LogP contribution in [0.4, 0.5) is 4.39 Å². The lowest BCUT2D eigenvalue weighted by Crippen LogP contribution is -2.38. The monoisotopic (exact) mass is 329 g/mol. The first kappa shape index (κ1) is 15.2. The van der Waals surface area contributed by atoms with Crippen LogP contribution in [-0.2, 0) is 6.54 Å². The third-order valence-electron chi connectivity index (χ3n) is 5.54. The SMILES string of the molecule is CCn1cnnc1C1CN(C(=O)c2ncccc2F)CC12CCC2. The Morgan fingerprint density at radius 1 is 1.46 bits per heavy atom. The molecule has 1 saturated heterocycles. The highest BCUT2D eigenvalue weighted by Crippen LogP contribution is 2.55. The van der Waals surface area contributed by atoms with Crippen LogP contribution in [0.15, 0.2) is 24.7 Å². The van der Waals surface area contributed by atoms with E-state index in [1.807, 2.05) is 4.57 Å². The number of aromatic nitrogens is 4. The lowest BCUT2D eigenvalue weighted by molar-refractivity contribution is 0.0713. The van der Waals surface area contributed by atoms with Crippen LogP contribution in [0.25, 0.3) is 0 Å². The number of carbonyl (C=O) groups is 1. The molecule has 2 aliphatic rings. The zero-order valence-corrected chi connectivity index (χ0v) is 13.7. The van der Waals surface area contributed by atoms with Crippen LogP contribution in [-0.4, -0.2) is 43.6 Å². The normalized spacial score (nSPS) is 21.9. The Kier molecular flexibility index (Phi) is 3.58. The molecule has 2 fully saturated rings. The van der Waals surface area contributed by atoms with E-state index in [0.29, 0.717) is 13.1 Å². The number of hydrogen-bond donors (Lipinski definition) is 0. The van der Waals surface area contributed by atoms with Crippen LogP contribution in [0.2, 0.25) is 0 Å². The number of carbonyl (C=O) groups excluding carboxylic acids is 1. The molecule has 1 saturated carbocycles. The number of nitrogens with zero attached hydrogens (tertiary/aromatic N) is 5. The molecule has 1 amide bonds. The van der Waals surface area contributed by atoms with Crippen LogP contribution in [0.1, 0.15) is 48.4 Å². The maximum absolute atomic E-state index is 13.9. The summed E-state index contributed by atoms with van der Waals surface area (Å²) in [6.07, 6.45) is 6.50. The Balaban J connectivity index is 1.64. The highest BCUT2D eigenvalue weighted by atomic mass is 19.1. The third-order valence-corrected chi connectivity index (χ3v) is 5.54. The number of halogens is 1. The summed E-state index contributed by atoms with van der Waals surface area (Å²) < 4.78 is 16.0. The van der Waals surface area contributed by atoms with E-state index in [9.17, 15) is 9.18 Å². The summed E-state index contributed by atoms with van der Waals surface area (Å²) in [5, 5.41) is 8.36. The van der Waals surface area contributed by atoms with Gasteiger partial charge in [0.1, 0.15) is 12.2 Å². The predicted octanol–water partition coefficient (Wildman–Crippen LogP) is 2.24. The van der Waals surface area contributed by atoms with Gasteiger partial charge < -0.3 is 9.47 Å². The van der Waals surface area contributed by atoms with Gasteiger partial charge in [0.15, 0.2) is 11.5 Å². The van der Waals surface area contributed by atoms with Gasteiger partial charge in [-0.25, -0.2) is 9.37 Å². The van der Waals surface area contributed by atoms with Crippen LogP contribution >= 0.6 is 0 Å². The number of amides is 1. The van der Waals surface area contributed by atoms with E-state index in [0.717, 1.165) is 31.6 Å². The number of likely N-dealkylation sites (tertiary alicyclic amines) is 1. The molecule has 0 N–H and O–H groups in total. The summed E-state index contributed by atoms with van der Waals surface area (Å²) in [4.78, 5) is 18.4. The minimum atomic E-state index is -0.565. The summed E-state index contributed by atoms with van der Waals surface area (Å²) in [7, 11) is 0. The molecule has 2 aromatic heterocycles. The molecule has 3 heterocycles. The summed E-state index contributed by atoms with van der Waals surface area (Å²) in [6, 6.07) is 2.77. The van der Waals surface area contributed by atoms with Crippen LogP contribution < -0.4 is 0 Å². The van der Waals surface area contributed by atoms with Crippen molar-refractivity contribution in [2.45, 2.75) is 38.6 Å². The predicted molar refractivity (Wildman–Crippen MR) is 84.8 cm³/mol. The van der Waals surface area contributed by atoms with Gasteiger partial charge in [0.25, 0.3) is 5.91 Å². The Labute approximate surface area is 139 Å². The molecule has 2 aromatic rings. The molecule has 1 spiro atoms. The van der Waals surface area contributed by atoms with Gasteiger partial charge in [-0.15, -0.1) is 10.2 Å². The lowest BCUT2D eigenvalue weighted by atomic mass is 9.62. The lowest BCUT2D eigenvalue weighted by Gasteiger charge is -2.42. The number of hydrogen-bond acceptors (Lipinski definition) is 4. The Hall–Kier alpha value is -2.31. The molecule has 24 heavy (non-hydrogen) atoms. The zero-order chi connectivity index (χ0) is 16.7. The summed E-state index contributed by atoms with van der Waals surface area (Å²) in [5.41, 5.74) is -0.0366. The second-order valence-electron chi connectivity index (χ2n) is 6.76. The average molecular weight is 329 g/mol. The van der Waals surface area contributed by atoms with Crippen molar-refractivity contribution in [1.29, 1.82) is 0 Å². The van der Waals surface area contributed by atoms with Crippen molar-refractivity contribution in [1.82, 2.24) is 24.6 Å². The molecule has 7 heteroatoms. The minimum absolute atomic E-state index is 0.0564. The van der Waals surface area contributed by atoms with Crippen molar-refractivity contribution in [3.8, 4) is 0 Å². The van der Waals surface area contributed by atoms with Crippen molar-refractivity contribution in [3.05, 3.63) is 42.0 Å². The van der Waals surface area contributed by atoms with Crippen molar-refractivity contribution < 1.29 is 9.18 Å². The van der Waals surface area contributed by atoms with Crippen LogP contribution in [0.3, 0.4) is 0 Å². The fourth-order valence-electron chi connectivity index (χ4n) is 4.09. The van der Waals surface area contributed by atoms with Gasteiger partial charge >= 0.3 is 0 Å². The fourth-order valence-corrected chi connectivity index (χ4v) is 4.09. The Bertz CT molecular complexity index is 770. The molecular formula is C17H20FN5O. The van der Waals surface area contributed by atoms with Crippen LogP contribution in [0.5, 0.6) is 0 Å². The first-order valence-electron chi connectivity index (χ1n) is 8.42. The van der Waals surface area contributed by atoms with E-state index in [2.05, 4.69) is 22.1 Å². The Morgan fingerprint density at radius 3 is 2.96 bits per heavy atom. The maximum Gasteiger partial charge on any atom is 0.275 e. The highest BCUT2D eigenvalue weighted by Gasteiger charge is 2.53. The average Bonchev–Trinajstić information content (AvgIpc) is 3.18. The number of rotatable bonds is 3. The second-order valence-corrected chi connectivity index (χ2v) is 6.76. The largest absolute Gasteiger partial charge is 0.336 e. The first-order valence-corrected chi connectivity index (χ1v) is 8.42. The third kappa shape index (κ3) is 2.22. The van der Waals surface area contributed by atoms with E-state index in [1.165, 1.54) is 18.3 Å². The summed E-state index contributed by atoms with van der Waals surface area (Å²) >= 11 is 0. The summed E-state index contributed by atoms with van der Waals surface area (Å²) in [5.74, 6) is 0.202. The van der Waals surface area contributed by atoms with Gasteiger partial charge in [0, 0.05) is 31.7 Å². The van der Waals surface area contributed by atoms with Gasteiger partial charge in [0.05, 0.1) is 0 Å². The van der Waals surface area contributed by atoms with Crippen molar-refractivity contribution in [3.63, 3.8) is 0 Å². The zero-order valence-electron chi connectivity index (χ0n) is 13.7. The number of aryl methyl sites for hydroxylation is 1. The summed E-state index contributed by atoms with van der Waals surface area (Å²) in [6.45, 7) is 4.05. The van der Waals surface area contributed by atoms with Gasteiger partial charge in [-0.1, -0.05) is 6.42 Å². The standard InChI is InChI=1S/C17H20FN5O/c1-2-22-11-20-21-15(22)12-9-23(10-17(12)6-4-7-17)16(24)14-13(18)5-3-8-19-14/h3,5,8,11-12H,2,4,6-7,9-10H2,1H3. The number of pyridine rings is 1. The fraction of sp³-hybridized carbons (Fsp3) is 0.529. The molecule has 1 aliphatic heterocycles. The van der Waals surface area contributed by atoms with E-state index < -0.39 is 5.82 Å². The van der Waals surface area contributed by atoms with Crippen molar-refractivity contribution in [2.24, 2.45) is 5.41 Å². The highest BCUT2D eigenvalue weighted by molar-refractivity contribution is 5.92.